The van der Waals surface area contributed by atoms with E-state index in [0.717, 1.165) is 33.5 Å². The minimum atomic E-state index is 0.383. The zero-order chi connectivity index (χ0) is 39.2. The minimum Gasteiger partial charge on any atom is -0.398 e. The summed E-state index contributed by atoms with van der Waals surface area (Å²) in [5.74, 6) is 0. The maximum Gasteiger partial charge on any atom is 0.0632 e. The normalized spacial score (nSPS) is 11.8. The van der Waals surface area contributed by atoms with Gasteiger partial charge in [0, 0.05) is 49.4 Å². The van der Waals surface area contributed by atoms with Crippen molar-refractivity contribution in [2.45, 2.75) is 6.92 Å². The lowest BCUT2D eigenvalue weighted by molar-refractivity contribution is 1.18. The molecule has 0 radical (unpaired) electrons. The molecule has 11 aromatic rings. The Morgan fingerprint density at radius 1 is 0.414 bits per heavy atom. The van der Waals surface area contributed by atoms with Crippen molar-refractivity contribution in [3.05, 3.63) is 223 Å². The van der Waals surface area contributed by atoms with E-state index in [1.165, 1.54) is 59.7 Å². The first-order chi connectivity index (χ1) is 28.5. The average molecular weight is 745 g/mol. The molecule has 0 fully saturated rings. The zero-order valence-electron chi connectivity index (χ0n) is 32.1. The summed E-state index contributed by atoms with van der Waals surface area (Å²) < 4.78 is 4.78. The molecule has 0 saturated carbocycles. The van der Waals surface area contributed by atoms with E-state index in [9.17, 15) is 0 Å². The molecule has 2 aromatic heterocycles. The molecule has 0 spiro atoms. The van der Waals surface area contributed by atoms with E-state index in [4.69, 9.17) is 11.1 Å². The third-order valence-corrected chi connectivity index (χ3v) is 11.2. The summed E-state index contributed by atoms with van der Waals surface area (Å²) in [4.78, 5) is 0. The second-order valence-electron chi connectivity index (χ2n) is 14.8. The molecule has 58 heavy (non-hydrogen) atoms. The first-order valence-electron chi connectivity index (χ1n) is 19.6. The van der Waals surface area contributed by atoms with E-state index in [-0.39, 0.29) is 0 Å². The van der Waals surface area contributed by atoms with Crippen LogP contribution in [0.25, 0.3) is 82.2 Å². The molecule has 2 heterocycles. The molecule has 0 amide bonds. The number of aromatic nitrogens is 2. The van der Waals surface area contributed by atoms with Crippen molar-refractivity contribution in [2.75, 3.05) is 0 Å². The molecule has 0 saturated heterocycles. The van der Waals surface area contributed by atoms with Crippen LogP contribution < -0.4 is 5.73 Å². The Bertz CT molecular complexity index is 3350. The minimum absolute atomic E-state index is 0.383. The number of nitrogens with one attached hydrogen (secondary N) is 1. The van der Waals surface area contributed by atoms with E-state index in [1.54, 1.807) is 6.08 Å². The number of benzene rings is 9. The van der Waals surface area contributed by atoms with Crippen LogP contribution in [0.2, 0.25) is 0 Å². The van der Waals surface area contributed by atoms with Gasteiger partial charge in [-0.05, 0) is 71.3 Å². The summed E-state index contributed by atoms with van der Waals surface area (Å²) in [6, 6.07) is 70.1. The van der Waals surface area contributed by atoms with Crippen molar-refractivity contribution < 1.29 is 0 Å². The van der Waals surface area contributed by atoms with Gasteiger partial charge in [-0.3, -0.25) is 0 Å². The molecule has 4 nitrogen and oxygen atoms in total. The van der Waals surface area contributed by atoms with Crippen molar-refractivity contribution >= 4 is 76.6 Å². The molecule has 276 valence electrons. The summed E-state index contributed by atoms with van der Waals surface area (Å²) >= 11 is 0. The second kappa shape index (κ2) is 14.4. The summed E-state index contributed by atoms with van der Waals surface area (Å²) in [6.07, 6.45) is 1.75. The Balaban J connectivity index is 0.000000530. The van der Waals surface area contributed by atoms with Gasteiger partial charge < -0.3 is 20.3 Å². The van der Waals surface area contributed by atoms with Crippen LogP contribution in [0.4, 0.5) is 0 Å². The third kappa shape index (κ3) is 5.91. The van der Waals surface area contributed by atoms with Gasteiger partial charge >= 0.3 is 0 Å². The Labute approximate surface area is 336 Å². The Hall–Kier alpha value is -7.69. The summed E-state index contributed by atoms with van der Waals surface area (Å²) in [5.41, 5.74) is 17.5. The average Bonchev–Trinajstić information content (AvgIpc) is 3.81. The fourth-order valence-corrected chi connectivity index (χ4v) is 8.55. The van der Waals surface area contributed by atoms with Gasteiger partial charge in [0.1, 0.15) is 0 Å². The molecule has 4 heteroatoms. The highest BCUT2D eigenvalue weighted by atomic mass is 15.0. The van der Waals surface area contributed by atoms with Crippen LogP contribution in [0.5, 0.6) is 0 Å². The monoisotopic (exact) mass is 744 g/mol. The Morgan fingerprint density at radius 2 is 0.828 bits per heavy atom. The van der Waals surface area contributed by atoms with Gasteiger partial charge in [0.15, 0.2) is 0 Å². The van der Waals surface area contributed by atoms with Gasteiger partial charge in [-0.2, -0.15) is 0 Å². The van der Waals surface area contributed by atoms with Crippen molar-refractivity contribution in [1.29, 1.82) is 5.41 Å². The number of nitrogens with zero attached hydrogens (tertiary/aromatic N) is 2. The first-order valence-corrected chi connectivity index (χ1v) is 19.6. The molecule has 0 aliphatic rings. The number of nitrogens with two attached hydrogens (primary N) is 1. The van der Waals surface area contributed by atoms with Crippen molar-refractivity contribution in [1.82, 2.24) is 9.13 Å². The first kappa shape index (κ1) is 34.8. The molecular formula is C54H40N4. The number of hydrogen-bond donors (Lipinski definition) is 2. The smallest absolute Gasteiger partial charge is 0.0632 e. The van der Waals surface area contributed by atoms with E-state index < -0.39 is 0 Å². The molecule has 0 unspecified atom stereocenters. The molecule has 3 N–H and O–H groups in total. The lowest BCUT2D eigenvalue weighted by Crippen LogP contribution is -2.03. The van der Waals surface area contributed by atoms with Gasteiger partial charge in [0.2, 0.25) is 0 Å². The molecule has 11 rings (SSSR count). The number of aryl methyl sites for hydroxylation is 1. The van der Waals surface area contributed by atoms with Crippen LogP contribution in [-0.4, -0.2) is 14.8 Å². The van der Waals surface area contributed by atoms with Crippen LogP contribution >= 0.6 is 0 Å². The number of hydrogen-bond acceptors (Lipinski definition) is 2. The Morgan fingerprint density at radius 3 is 1.36 bits per heavy atom. The summed E-state index contributed by atoms with van der Waals surface area (Å²) in [6.45, 7) is 2.08. The highest BCUT2D eigenvalue weighted by Gasteiger charge is 2.19. The van der Waals surface area contributed by atoms with Gasteiger partial charge in [-0.25, -0.2) is 0 Å². The van der Waals surface area contributed by atoms with Crippen LogP contribution in [0.1, 0.15) is 16.7 Å². The van der Waals surface area contributed by atoms with Crippen LogP contribution in [-0.2, 0) is 0 Å². The van der Waals surface area contributed by atoms with Crippen LogP contribution in [0, 0.1) is 12.3 Å². The summed E-state index contributed by atoms with van der Waals surface area (Å²) in [5, 5.41) is 18.4. The van der Waals surface area contributed by atoms with Crippen LogP contribution in [0.3, 0.4) is 0 Å². The topological polar surface area (TPSA) is 59.7 Å². The second-order valence-corrected chi connectivity index (χ2v) is 14.8. The maximum atomic E-state index is 8.66. The third-order valence-electron chi connectivity index (χ3n) is 11.2. The molecule has 0 bridgehead atoms. The highest BCUT2D eigenvalue weighted by molar-refractivity contribution is 6.27. The SMILES string of the molecule is Cc1ccccc1.N=C(/C=C(\N)c1cccc(-n2c3ccccc3c3ccc4c5ccc6c7ccccc7n(-c7ccccc7)c6c5ccc4c32)c1)c1ccccc1. The van der Waals surface area contributed by atoms with Gasteiger partial charge in [-0.15, -0.1) is 0 Å². The Kier molecular flexibility index (Phi) is 8.65. The number of para-hydroxylation sites is 3. The molecule has 9 aromatic carbocycles. The predicted octanol–water partition coefficient (Wildman–Crippen LogP) is 13.5. The zero-order valence-corrected chi connectivity index (χ0v) is 32.1. The highest BCUT2D eigenvalue weighted by Crippen LogP contribution is 2.42. The molecular weight excluding hydrogens is 705 g/mol. The van der Waals surface area contributed by atoms with Gasteiger partial charge in [0.25, 0.3) is 0 Å². The van der Waals surface area contributed by atoms with Crippen molar-refractivity contribution in [3.63, 3.8) is 0 Å². The number of rotatable bonds is 5. The fraction of sp³-hybridized carbons (Fsp3) is 0.0185. The van der Waals surface area contributed by atoms with E-state index >= 15 is 0 Å². The van der Waals surface area contributed by atoms with E-state index in [0.29, 0.717) is 11.4 Å². The molecule has 0 atom stereocenters. The van der Waals surface area contributed by atoms with Crippen molar-refractivity contribution in [3.8, 4) is 11.4 Å². The van der Waals surface area contributed by atoms with Crippen LogP contribution in [0.15, 0.2) is 206 Å². The molecule has 0 aliphatic carbocycles. The number of fused-ring (bicyclic) bond motifs is 11. The van der Waals surface area contributed by atoms with E-state index in [2.05, 4.69) is 162 Å². The standard InChI is InChI=1S/C47H32N4.C7H8/c48-42(30-12-3-1-4-13-30)29-43(49)31-14-11-17-33(28-31)51-45-21-10-8-19-37(45)41-25-23-35-34-22-24-40-36-18-7-9-20-44(36)50(32-15-5-2-6-16-32)46(40)38(34)26-27-39(35)47(41)51;1-7-5-3-2-4-6-7/h1-29,48H,49H2;2-6H,1H3/b43-29-,48-42?;. The van der Waals surface area contributed by atoms with Gasteiger partial charge in [-0.1, -0.05) is 169 Å². The quantitative estimate of drug-likeness (QED) is 0.134. The van der Waals surface area contributed by atoms with Gasteiger partial charge in [0.05, 0.1) is 27.8 Å². The number of allylic oxidation sites excluding steroid dienone is 1. The maximum absolute atomic E-state index is 8.66. The lowest BCUT2D eigenvalue weighted by atomic mass is 9.97. The lowest BCUT2D eigenvalue weighted by Gasteiger charge is -2.14. The molecule has 0 aliphatic heterocycles. The fourth-order valence-electron chi connectivity index (χ4n) is 8.55. The summed E-state index contributed by atoms with van der Waals surface area (Å²) in [7, 11) is 0. The predicted molar refractivity (Wildman–Crippen MR) is 247 cm³/mol. The van der Waals surface area contributed by atoms with E-state index in [1.807, 2.05) is 54.6 Å². The van der Waals surface area contributed by atoms with Crippen molar-refractivity contribution in [2.24, 2.45) is 5.73 Å². The largest absolute Gasteiger partial charge is 0.398 e.